The summed E-state index contributed by atoms with van der Waals surface area (Å²) in [5.74, 6) is -0.693. The molecule has 0 bridgehead atoms. The van der Waals surface area contributed by atoms with E-state index in [1.165, 1.54) is 32.5 Å². The number of benzene rings is 1. The van der Waals surface area contributed by atoms with Crippen molar-refractivity contribution >= 4 is 15.9 Å². The standard InChI is InChI=1S/C12H13N5O4S/c1-6-8(22(14,19)20)4-3-7(9(6)10(13)18)11-15-5-16-12(17-11)21-2/h3-5H,1-2H3,(H2,13,18)(H2,14,19,20). The first-order chi connectivity index (χ1) is 10.3. The first-order valence-corrected chi connectivity index (χ1v) is 7.50. The van der Waals surface area contributed by atoms with Crippen LogP contribution in [0.5, 0.6) is 6.01 Å². The normalized spacial score (nSPS) is 11.2. The Morgan fingerprint density at radius 1 is 1.27 bits per heavy atom. The number of sulfonamides is 1. The highest BCUT2D eigenvalue weighted by Gasteiger charge is 2.22. The van der Waals surface area contributed by atoms with Crippen LogP contribution in [0.1, 0.15) is 15.9 Å². The molecular weight excluding hydrogens is 310 g/mol. The minimum atomic E-state index is -3.99. The molecule has 0 aliphatic carbocycles. The average Bonchev–Trinajstić information content (AvgIpc) is 2.45. The molecule has 0 aliphatic heterocycles. The van der Waals surface area contributed by atoms with Crippen LogP contribution in [0, 0.1) is 6.92 Å². The smallest absolute Gasteiger partial charge is 0.319 e. The van der Waals surface area contributed by atoms with E-state index in [4.69, 9.17) is 15.6 Å². The van der Waals surface area contributed by atoms with Gasteiger partial charge < -0.3 is 10.5 Å². The first kappa shape index (κ1) is 15.8. The minimum absolute atomic E-state index is 0.0280. The molecule has 10 heteroatoms. The Hall–Kier alpha value is -2.59. The molecule has 0 aliphatic rings. The summed E-state index contributed by atoms with van der Waals surface area (Å²) >= 11 is 0. The van der Waals surface area contributed by atoms with Crippen LogP contribution in [0.3, 0.4) is 0 Å². The van der Waals surface area contributed by atoms with Crippen LogP contribution in [-0.4, -0.2) is 36.4 Å². The lowest BCUT2D eigenvalue weighted by Gasteiger charge is -2.12. The van der Waals surface area contributed by atoms with Gasteiger partial charge in [0.15, 0.2) is 5.82 Å². The summed E-state index contributed by atoms with van der Waals surface area (Å²) in [5, 5.41) is 5.12. The van der Waals surface area contributed by atoms with Gasteiger partial charge in [-0.3, -0.25) is 4.79 Å². The van der Waals surface area contributed by atoms with E-state index in [0.717, 1.165) is 0 Å². The fourth-order valence-corrected chi connectivity index (χ4v) is 2.80. The van der Waals surface area contributed by atoms with Gasteiger partial charge in [-0.2, -0.15) is 9.97 Å². The highest BCUT2D eigenvalue weighted by molar-refractivity contribution is 7.89. The minimum Gasteiger partial charge on any atom is -0.467 e. The molecule has 1 aromatic carbocycles. The first-order valence-electron chi connectivity index (χ1n) is 5.95. The van der Waals surface area contributed by atoms with Gasteiger partial charge in [-0.1, -0.05) is 0 Å². The molecule has 22 heavy (non-hydrogen) atoms. The van der Waals surface area contributed by atoms with Crippen molar-refractivity contribution in [2.24, 2.45) is 10.9 Å². The van der Waals surface area contributed by atoms with E-state index in [2.05, 4.69) is 15.0 Å². The Bertz CT molecular complexity index is 851. The Kier molecular flexibility index (Phi) is 4.06. The number of nitrogens with zero attached hydrogens (tertiary/aromatic N) is 3. The van der Waals surface area contributed by atoms with E-state index in [0.29, 0.717) is 0 Å². The molecule has 0 saturated heterocycles. The van der Waals surface area contributed by atoms with Crippen molar-refractivity contribution in [2.45, 2.75) is 11.8 Å². The summed E-state index contributed by atoms with van der Waals surface area (Å²) in [6, 6.07) is 2.68. The number of aromatic nitrogens is 3. The van der Waals surface area contributed by atoms with Gasteiger partial charge in [0.05, 0.1) is 17.6 Å². The van der Waals surface area contributed by atoms with Gasteiger partial charge in [-0.25, -0.2) is 18.5 Å². The zero-order chi connectivity index (χ0) is 16.5. The molecule has 0 fully saturated rings. The van der Waals surface area contributed by atoms with Crippen LogP contribution >= 0.6 is 0 Å². The van der Waals surface area contributed by atoms with Crippen LogP contribution in [0.15, 0.2) is 23.4 Å². The molecule has 0 spiro atoms. The third kappa shape index (κ3) is 2.87. The fourth-order valence-electron chi connectivity index (χ4n) is 2.01. The number of primary amides is 1. The second-order valence-electron chi connectivity index (χ2n) is 4.32. The molecule has 0 unspecified atom stereocenters. The molecule has 1 amide bonds. The molecule has 4 N–H and O–H groups in total. The summed E-state index contributed by atoms with van der Waals surface area (Å²) in [6.45, 7) is 1.43. The monoisotopic (exact) mass is 323 g/mol. The lowest BCUT2D eigenvalue weighted by Crippen LogP contribution is -2.20. The highest BCUT2D eigenvalue weighted by Crippen LogP contribution is 2.27. The number of rotatable bonds is 4. The summed E-state index contributed by atoms with van der Waals surface area (Å²) in [6.07, 6.45) is 1.20. The Labute approximate surface area is 126 Å². The molecule has 9 nitrogen and oxygen atoms in total. The number of carbonyl (C=O) groups is 1. The maximum absolute atomic E-state index is 11.7. The van der Waals surface area contributed by atoms with Crippen LogP contribution in [0.25, 0.3) is 11.4 Å². The van der Waals surface area contributed by atoms with Gasteiger partial charge in [-0.15, -0.1) is 0 Å². The largest absolute Gasteiger partial charge is 0.467 e. The van der Waals surface area contributed by atoms with E-state index in [1.54, 1.807) is 0 Å². The topological polar surface area (TPSA) is 151 Å². The van der Waals surface area contributed by atoms with Crippen molar-refractivity contribution in [1.82, 2.24) is 15.0 Å². The maximum Gasteiger partial charge on any atom is 0.319 e. The Balaban J connectivity index is 2.77. The van der Waals surface area contributed by atoms with E-state index in [-0.39, 0.29) is 33.4 Å². The molecule has 1 aromatic heterocycles. The average molecular weight is 323 g/mol. The number of nitrogens with two attached hydrogens (primary N) is 2. The van der Waals surface area contributed by atoms with Gasteiger partial charge in [-0.05, 0) is 24.6 Å². The van der Waals surface area contributed by atoms with Gasteiger partial charge in [0.25, 0.3) is 0 Å². The molecule has 1 heterocycles. The van der Waals surface area contributed by atoms with Crippen LogP contribution < -0.4 is 15.6 Å². The van der Waals surface area contributed by atoms with E-state index < -0.39 is 15.9 Å². The number of hydrogen-bond acceptors (Lipinski definition) is 7. The van der Waals surface area contributed by atoms with Crippen molar-refractivity contribution in [2.75, 3.05) is 7.11 Å². The van der Waals surface area contributed by atoms with Gasteiger partial charge in [0, 0.05) is 5.56 Å². The molecule has 0 saturated carbocycles. The van der Waals surface area contributed by atoms with Crippen molar-refractivity contribution in [3.05, 3.63) is 29.6 Å². The zero-order valence-corrected chi connectivity index (χ0v) is 12.6. The van der Waals surface area contributed by atoms with Crippen molar-refractivity contribution in [3.8, 4) is 17.4 Å². The Morgan fingerprint density at radius 3 is 2.50 bits per heavy atom. The SMILES string of the molecule is COc1ncnc(-c2ccc(S(N)(=O)=O)c(C)c2C(N)=O)n1. The number of carbonyl (C=O) groups excluding carboxylic acids is 1. The van der Waals surface area contributed by atoms with Crippen molar-refractivity contribution in [3.63, 3.8) is 0 Å². The number of methoxy groups -OCH3 is 1. The summed E-state index contributed by atoms with van der Waals surface area (Å²) in [4.78, 5) is 23.3. The summed E-state index contributed by atoms with van der Waals surface area (Å²) in [5.41, 5.74) is 5.72. The summed E-state index contributed by atoms with van der Waals surface area (Å²) < 4.78 is 28.0. The van der Waals surface area contributed by atoms with E-state index in [9.17, 15) is 13.2 Å². The second kappa shape index (κ2) is 5.66. The predicted molar refractivity (Wildman–Crippen MR) is 76.4 cm³/mol. The Morgan fingerprint density at radius 2 is 1.95 bits per heavy atom. The quantitative estimate of drug-likeness (QED) is 0.776. The van der Waals surface area contributed by atoms with Crippen molar-refractivity contribution < 1.29 is 17.9 Å². The van der Waals surface area contributed by atoms with Crippen LogP contribution in [-0.2, 0) is 10.0 Å². The number of ether oxygens (including phenoxy) is 1. The lowest BCUT2D eigenvalue weighted by atomic mass is 10.0. The number of primary sulfonamides is 1. The maximum atomic E-state index is 11.7. The predicted octanol–water partition coefficient (Wildman–Crippen LogP) is -0.398. The zero-order valence-electron chi connectivity index (χ0n) is 11.8. The van der Waals surface area contributed by atoms with Crippen LogP contribution in [0.2, 0.25) is 0 Å². The number of hydrogen-bond donors (Lipinski definition) is 2. The molecule has 0 radical (unpaired) electrons. The number of amides is 1. The van der Waals surface area contributed by atoms with Crippen LogP contribution in [0.4, 0.5) is 0 Å². The molecular formula is C12H13N5O4S. The lowest BCUT2D eigenvalue weighted by molar-refractivity contribution is 0.1000. The third-order valence-electron chi connectivity index (χ3n) is 2.94. The van der Waals surface area contributed by atoms with E-state index >= 15 is 0 Å². The van der Waals surface area contributed by atoms with Gasteiger partial charge in [0.2, 0.25) is 15.9 Å². The highest BCUT2D eigenvalue weighted by atomic mass is 32.2. The molecule has 116 valence electrons. The second-order valence-corrected chi connectivity index (χ2v) is 5.85. The third-order valence-corrected chi connectivity index (χ3v) is 4.00. The molecule has 0 atom stereocenters. The van der Waals surface area contributed by atoms with Gasteiger partial charge >= 0.3 is 6.01 Å². The molecule has 2 aromatic rings. The van der Waals surface area contributed by atoms with Gasteiger partial charge in [0.1, 0.15) is 6.33 Å². The fraction of sp³-hybridized carbons (Fsp3) is 0.167. The molecule has 2 rings (SSSR count). The van der Waals surface area contributed by atoms with Crippen molar-refractivity contribution in [1.29, 1.82) is 0 Å². The summed E-state index contributed by atoms with van der Waals surface area (Å²) in [7, 11) is -2.61. The van der Waals surface area contributed by atoms with E-state index in [1.807, 2.05) is 0 Å².